The molecule has 0 spiro atoms. The highest BCUT2D eigenvalue weighted by atomic mass is 35.5. The number of thioether (sulfide) groups is 1. The van der Waals surface area contributed by atoms with Gasteiger partial charge in [-0.1, -0.05) is 23.4 Å². The van der Waals surface area contributed by atoms with Gasteiger partial charge in [0.15, 0.2) is 5.16 Å². The number of nitrogens with one attached hydrogen (secondary N) is 1. The Hall–Kier alpha value is -1.53. The fraction of sp³-hybridized carbons (Fsp3) is 0.182. The maximum absolute atomic E-state index is 5.92. The number of hydrogen-bond acceptors (Lipinski definition) is 5. The summed E-state index contributed by atoms with van der Waals surface area (Å²) in [6.07, 6.45) is 0. The molecule has 0 saturated carbocycles. The van der Waals surface area contributed by atoms with E-state index in [1.165, 1.54) is 11.8 Å². The molecule has 3 aromatic rings. The summed E-state index contributed by atoms with van der Waals surface area (Å²) < 4.78 is 5.29. The van der Waals surface area contributed by atoms with E-state index >= 15 is 0 Å². The van der Waals surface area contributed by atoms with Crippen LogP contribution in [0, 0.1) is 6.92 Å². The summed E-state index contributed by atoms with van der Waals surface area (Å²) in [5, 5.41) is 9.20. The van der Waals surface area contributed by atoms with Crippen molar-refractivity contribution < 1.29 is 4.42 Å². The van der Waals surface area contributed by atoms with Gasteiger partial charge in [-0.2, -0.15) is 0 Å². The molecule has 0 aliphatic heterocycles. The highest BCUT2D eigenvalue weighted by Gasteiger charge is 2.07. The molecule has 0 aliphatic carbocycles. The van der Waals surface area contributed by atoms with Crippen LogP contribution < -0.4 is 0 Å². The van der Waals surface area contributed by atoms with Crippen LogP contribution in [0.2, 0.25) is 5.02 Å². The Morgan fingerprint density at radius 3 is 3.06 bits per heavy atom. The van der Waals surface area contributed by atoms with Crippen molar-refractivity contribution in [3.8, 4) is 0 Å². The van der Waals surface area contributed by atoms with Crippen LogP contribution in [0.5, 0.6) is 0 Å². The molecule has 5 nitrogen and oxygen atoms in total. The first-order valence-corrected chi connectivity index (χ1v) is 6.64. The van der Waals surface area contributed by atoms with Crippen LogP contribution in [0.25, 0.3) is 11.0 Å². The number of hydrogen-bond donors (Lipinski definition) is 1. The minimum atomic E-state index is 0.571. The number of rotatable bonds is 3. The molecule has 0 bridgehead atoms. The average Bonchev–Trinajstić information content (AvgIpc) is 2.92. The van der Waals surface area contributed by atoms with Gasteiger partial charge in [0, 0.05) is 11.9 Å². The van der Waals surface area contributed by atoms with Gasteiger partial charge in [-0.05, 0) is 18.2 Å². The summed E-state index contributed by atoms with van der Waals surface area (Å²) in [5.41, 5.74) is 1.82. The Kier molecular flexibility index (Phi) is 2.97. The van der Waals surface area contributed by atoms with Gasteiger partial charge in [0.05, 0.1) is 16.8 Å². The zero-order valence-corrected chi connectivity index (χ0v) is 11.0. The van der Waals surface area contributed by atoms with Gasteiger partial charge in [0.25, 0.3) is 0 Å². The van der Waals surface area contributed by atoms with Crippen molar-refractivity contribution >= 4 is 34.4 Å². The second-order valence-corrected chi connectivity index (χ2v) is 5.11. The van der Waals surface area contributed by atoms with E-state index in [0.29, 0.717) is 22.6 Å². The molecular formula is C11H9ClN4OS. The first-order chi connectivity index (χ1) is 8.70. The molecule has 92 valence electrons. The summed E-state index contributed by atoms with van der Waals surface area (Å²) in [4.78, 5) is 7.63. The number of H-pyrrole nitrogens is 1. The third-order valence-corrected chi connectivity index (χ3v) is 3.42. The molecule has 3 rings (SSSR count). The lowest BCUT2D eigenvalue weighted by atomic mass is 10.3. The van der Waals surface area contributed by atoms with Gasteiger partial charge in [-0.3, -0.25) is 0 Å². The topological polar surface area (TPSA) is 67.6 Å². The second-order valence-electron chi connectivity index (χ2n) is 3.71. The van der Waals surface area contributed by atoms with Crippen LogP contribution in [0.4, 0.5) is 0 Å². The number of nitrogens with zero attached hydrogens (tertiary/aromatic N) is 3. The van der Waals surface area contributed by atoms with Gasteiger partial charge in [-0.15, -0.1) is 10.2 Å². The SMILES string of the molecule is Cc1nnc(CSc2nc3ccc(Cl)cc3[nH]2)o1. The van der Waals surface area contributed by atoms with Crippen molar-refractivity contribution in [2.75, 3.05) is 0 Å². The normalized spacial score (nSPS) is 11.2. The van der Waals surface area contributed by atoms with Crippen LogP contribution in [-0.2, 0) is 5.75 Å². The standard InChI is InChI=1S/C11H9ClN4OS/c1-6-15-16-10(17-6)5-18-11-13-8-3-2-7(12)4-9(8)14-11/h2-4H,5H2,1H3,(H,13,14). The van der Waals surface area contributed by atoms with E-state index < -0.39 is 0 Å². The maximum atomic E-state index is 5.92. The number of aryl methyl sites for hydroxylation is 1. The van der Waals surface area contributed by atoms with E-state index in [4.69, 9.17) is 16.0 Å². The first-order valence-electron chi connectivity index (χ1n) is 5.28. The number of halogens is 1. The van der Waals surface area contributed by atoms with Crippen LogP contribution in [0.15, 0.2) is 27.8 Å². The van der Waals surface area contributed by atoms with E-state index in [9.17, 15) is 0 Å². The number of fused-ring (bicyclic) bond motifs is 1. The van der Waals surface area contributed by atoms with Crippen molar-refractivity contribution in [3.05, 3.63) is 35.0 Å². The molecule has 0 fully saturated rings. The van der Waals surface area contributed by atoms with E-state index in [0.717, 1.165) is 16.2 Å². The van der Waals surface area contributed by atoms with E-state index in [1.807, 2.05) is 18.2 Å². The van der Waals surface area contributed by atoms with Crippen molar-refractivity contribution in [1.82, 2.24) is 20.2 Å². The third kappa shape index (κ3) is 2.34. The van der Waals surface area contributed by atoms with Crippen LogP contribution in [-0.4, -0.2) is 20.2 Å². The van der Waals surface area contributed by atoms with Gasteiger partial charge in [0.1, 0.15) is 0 Å². The molecule has 1 N–H and O–H groups in total. The zero-order chi connectivity index (χ0) is 12.5. The highest BCUT2D eigenvalue weighted by molar-refractivity contribution is 7.98. The number of benzene rings is 1. The Morgan fingerprint density at radius 2 is 2.28 bits per heavy atom. The largest absolute Gasteiger partial charge is 0.425 e. The van der Waals surface area contributed by atoms with Crippen molar-refractivity contribution in [3.63, 3.8) is 0 Å². The van der Waals surface area contributed by atoms with Crippen molar-refractivity contribution in [1.29, 1.82) is 0 Å². The molecule has 2 aromatic heterocycles. The monoisotopic (exact) mass is 280 g/mol. The predicted octanol–water partition coefficient (Wildman–Crippen LogP) is 3.20. The lowest BCUT2D eigenvalue weighted by molar-refractivity contribution is 0.485. The molecule has 0 amide bonds. The van der Waals surface area contributed by atoms with E-state index in [2.05, 4.69) is 20.2 Å². The Morgan fingerprint density at radius 1 is 1.39 bits per heavy atom. The molecular weight excluding hydrogens is 272 g/mol. The van der Waals surface area contributed by atoms with Gasteiger partial charge in [-0.25, -0.2) is 4.98 Å². The molecule has 2 heterocycles. The molecule has 0 aliphatic rings. The van der Waals surface area contributed by atoms with E-state index in [-0.39, 0.29) is 0 Å². The third-order valence-electron chi connectivity index (χ3n) is 2.32. The Bertz CT molecular complexity index is 693. The van der Waals surface area contributed by atoms with E-state index in [1.54, 1.807) is 6.92 Å². The molecule has 0 saturated heterocycles. The Balaban J connectivity index is 1.78. The van der Waals surface area contributed by atoms with Crippen molar-refractivity contribution in [2.24, 2.45) is 0 Å². The van der Waals surface area contributed by atoms with Gasteiger partial charge >= 0.3 is 0 Å². The molecule has 0 atom stereocenters. The fourth-order valence-corrected chi connectivity index (χ4v) is 2.45. The zero-order valence-electron chi connectivity index (χ0n) is 9.48. The summed E-state index contributed by atoms with van der Waals surface area (Å²) in [7, 11) is 0. The summed E-state index contributed by atoms with van der Waals surface area (Å²) >= 11 is 7.43. The minimum absolute atomic E-state index is 0.571. The fourth-order valence-electron chi connectivity index (χ4n) is 1.55. The summed E-state index contributed by atoms with van der Waals surface area (Å²) in [6, 6.07) is 5.56. The number of imidazole rings is 1. The Labute approximate surface area is 112 Å². The molecule has 1 aromatic carbocycles. The predicted molar refractivity (Wildman–Crippen MR) is 69.7 cm³/mol. The summed E-state index contributed by atoms with van der Waals surface area (Å²) in [5.74, 6) is 1.76. The molecule has 0 unspecified atom stereocenters. The van der Waals surface area contributed by atoms with Crippen LogP contribution in [0.1, 0.15) is 11.8 Å². The second kappa shape index (κ2) is 4.62. The molecule has 0 radical (unpaired) electrons. The van der Waals surface area contributed by atoms with Gasteiger partial charge < -0.3 is 9.40 Å². The minimum Gasteiger partial charge on any atom is -0.425 e. The highest BCUT2D eigenvalue weighted by Crippen LogP contribution is 2.24. The lowest BCUT2D eigenvalue weighted by Gasteiger charge is -1.91. The smallest absolute Gasteiger partial charge is 0.226 e. The lowest BCUT2D eigenvalue weighted by Crippen LogP contribution is -1.81. The quantitative estimate of drug-likeness (QED) is 0.746. The molecule has 18 heavy (non-hydrogen) atoms. The van der Waals surface area contributed by atoms with Crippen LogP contribution in [0.3, 0.4) is 0 Å². The maximum Gasteiger partial charge on any atom is 0.226 e. The van der Waals surface area contributed by atoms with Crippen LogP contribution >= 0.6 is 23.4 Å². The van der Waals surface area contributed by atoms with Gasteiger partial charge in [0.2, 0.25) is 11.8 Å². The number of aromatic nitrogens is 4. The van der Waals surface area contributed by atoms with Crippen molar-refractivity contribution in [2.45, 2.75) is 17.8 Å². The first kappa shape index (κ1) is 11.6. The average molecular weight is 281 g/mol. The summed E-state index contributed by atoms with van der Waals surface area (Å²) in [6.45, 7) is 1.77. The number of aromatic amines is 1. The molecule has 7 heteroatoms.